The van der Waals surface area contributed by atoms with Crippen LogP contribution in [-0.4, -0.2) is 42.3 Å². The minimum absolute atomic E-state index is 1.14. The van der Waals surface area contributed by atoms with Gasteiger partial charge in [-0.25, -0.2) is 0 Å². The van der Waals surface area contributed by atoms with Gasteiger partial charge in [0.2, 0.25) is 0 Å². The van der Waals surface area contributed by atoms with E-state index in [0.29, 0.717) is 0 Å². The maximum absolute atomic E-state index is 7.55. The fourth-order valence-corrected chi connectivity index (χ4v) is 6.48. The van der Waals surface area contributed by atoms with E-state index in [1.807, 2.05) is 0 Å². The maximum Gasteiger partial charge on any atom is 0.0361 e. The first-order valence-electron chi connectivity index (χ1n) is 9.58. The summed E-state index contributed by atoms with van der Waals surface area (Å²) in [6, 6.07) is 25.8. The molecule has 0 radical (unpaired) electrons. The average molecular weight is 428 g/mol. The van der Waals surface area contributed by atoms with Gasteiger partial charge in [0, 0.05) is 74.0 Å². The predicted octanol–water partition coefficient (Wildman–Crippen LogP) is 6.32. The number of hydrogen-bond acceptors (Lipinski definition) is 3. The Morgan fingerprint density at radius 3 is 0.828 bits per heavy atom. The predicted molar refractivity (Wildman–Crippen MR) is 131 cm³/mol. The van der Waals surface area contributed by atoms with Crippen LogP contribution in [0.15, 0.2) is 87.5 Å². The highest BCUT2D eigenvalue weighted by Crippen LogP contribution is 2.72. The summed E-state index contributed by atoms with van der Waals surface area (Å²) in [5.74, 6) is 0. The van der Waals surface area contributed by atoms with E-state index in [1.54, 1.807) is 0 Å². The first-order valence-corrected chi connectivity index (χ1v) is 12.0. The molecule has 0 unspecified atom stereocenters. The van der Waals surface area contributed by atoms with Crippen molar-refractivity contribution in [3.63, 3.8) is 0 Å². The fourth-order valence-electron chi connectivity index (χ4n) is 3.20. The highest BCUT2D eigenvalue weighted by Gasteiger charge is 2.29. The summed E-state index contributed by atoms with van der Waals surface area (Å²) in [5, 5.41) is 0. The molecular formula is C24H30ClN3S. The van der Waals surface area contributed by atoms with Crippen molar-refractivity contribution in [2.75, 3.05) is 57.0 Å². The molecule has 0 aromatic heterocycles. The summed E-state index contributed by atoms with van der Waals surface area (Å²) in [6.07, 6.45) is 0. The first kappa shape index (κ1) is 21.4. The Labute approximate surface area is 181 Å². The first-order chi connectivity index (χ1) is 13.7. The van der Waals surface area contributed by atoms with Gasteiger partial charge in [-0.2, -0.15) is 0 Å². The Balaban J connectivity index is 2.14. The van der Waals surface area contributed by atoms with E-state index in [9.17, 15) is 0 Å². The molecule has 0 spiro atoms. The monoisotopic (exact) mass is 427 g/mol. The van der Waals surface area contributed by atoms with E-state index < -0.39 is 9.24 Å². The van der Waals surface area contributed by atoms with Crippen LogP contribution in [0, 0.1) is 0 Å². The molecule has 3 aromatic rings. The van der Waals surface area contributed by atoms with Crippen molar-refractivity contribution in [1.82, 2.24) is 0 Å². The molecule has 5 heteroatoms. The molecular weight excluding hydrogens is 398 g/mol. The van der Waals surface area contributed by atoms with Gasteiger partial charge in [-0.15, -0.1) is 0 Å². The van der Waals surface area contributed by atoms with Gasteiger partial charge in [-0.05, 0) is 72.8 Å². The van der Waals surface area contributed by atoms with Crippen LogP contribution in [0.5, 0.6) is 0 Å². The average Bonchev–Trinajstić information content (AvgIpc) is 2.73. The quantitative estimate of drug-likeness (QED) is 0.455. The molecule has 154 valence electrons. The zero-order valence-electron chi connectivity index (χ0n) is 18.1. The van der Waals surface area contributed by atoms with E-state index >= 15 is 0 Å². The molecule has 0 aliphatic carbocycles. The molecule has 0 fully saturated rings. The molecule has 0 aliphatic heterocycles. The molecule has 0 heterocycles. The molecule has 29 heavy (non-hydrogen) atoms. The smallest absolute Gasteiger partial charge is 0.0361 e. The number of rotatable bonds is 6. The Morgan fingerprint density at radius 1 is 0.448 bits per heavy atom. The Kier molecular flexibility index (Phi) is 6.35. The van der Waals surface area contributed by atoms with Crippen LogP contribution in [-0.2, 0) is 0 Å². The Morgan fingerprint density at radius 2 is 0.655 bits per heavy atom. The molecule has 3 rings (SSSR count). The van der Waals surface area contributed by atoms with Crippen LogP contribution in [0.3, 0.4) is 0 Å². The van der Waals surface area contributed by atoms with Gasteiger partial charge in [-0.1, -0.05) is 19.9 Å². The lowest BCUT2D eigenvalue weighted by Crippen LogP contribution is -2.09. The zero-order valence-corrected chi connectivity index (χ0v) is 19.6. The standard InChI is InChI=1S/C24H30ClN3S/c1-26(2)19-7-13-22(14-8-19)29(25,23-15-9-20(10-16-23)27(3)4)24-17-11-21(12-18-24)28(5)6/h7-18H,1-6H3. The van der Waals surface area contributed by atoms with E-state index in [-0.39, 0.29) is 0 Å². The fraction of sp³-hybridized carbons (Fsp3) is 0.250. The van der Waals surface area contributed by atoms with Gasteiger partial charge in [0.15, 0.2) is 0 Å². The van der Waals surface area contributed by atoms with Crippen molar-refractivity contribution in [1.29, 1.82) is 0 Å². The molecule has 3 nitrogen and oxygen atoms in total. The van der Waals surface area contributed by atoms with E-state index in [1.165, 1.54) is 0 Å². The minimum Gasteiger partial charge on any atom is -0.378 e. The topological polar surface area (TPSA) is 9.72 Å². The highest BCUT2D eigenvalue weighted by atomic mass is 35.7. The lowest BCUT2D eigenvalue weighted by molar-refractivity contribution is 1.12. The summed E-state index contributed by atoms with van der Waals surface area (Å²) in [7, 11) is 18.0. The van der Waals surface area contributed by atoms with Crippen molar-refractivity contribution in [3.05, 3.63) is 72.8 Å². The summed E-state index contributed by atoms with van der Waals surface area (Å²) < 4.78 is 0. The lowest BCUT2D eigenvalue weighted by atomic mass is 10.3. The molecule has 3 aromatic carbocycles. The molecule has 0 bridgehead atoms. The van der Waals surface area contributed by atoms with Gasteiger partial charge < -0.3 is 14.7 Å². The van der Waals surface area contributed by atoms with E-state index in [0.717, 1.165) is 31.7 Å². The number of halogens is 1. The number of hydrogen-bond donors (Lipinski definition) is 0. The highest BCUT2D eigenvalue weighted by molar-refractivity contribution is 8.51. The van der Waals surface area contributed by atoms with E-state index in [2.05, 4.69) is 130 Å². The van der Waals surface area contributed by atoms with Crippen LogP contribution in [0.25, 0.3) is 0 Å². The van der Waals surface area contributed by atoms with Crippen LogP contribution in [0.1, 0.15) is 0 Å². The zero-order chi connectivity index (χ0) is 21.2. The van der Waals surface area contributed by atoms with Gasteiger partial charge in [-0.3, -0.25) is 0 Å². The minimum atomic E-state index is -1.89. The third-order valence-electron chi connectivity index (χ3n) is 5.03. The third-order valence-corrected chi connectivity index (χ3v) is 9.40. The van der Waals surface area contributed by atoms with E-state index in [4.69, 9.17) is 10.7 Å². The molecule has 0 saturated carbocycles. The van der Waals surface area contributed by atoms with Crippen molar-refractivity contribution in [2.45, 2.75) is 14.7 Å². The number of nitrogens with zero attached hydrogens (tertiary/aromatic N) is 3. The second kappa shape index (κ2) is 8.60. The normalized spacial score (nSPS) is 11.8. The van der Waals surface area contributed by atoms with Crippen LogP contribution in [0.4, 0.5) is 17.1 Å². The van der Waals surface area contributed by atoms with Gasteiger partial charge in [0.1, 0.15) is 0 Å². The number of benzene rings is 3. The second-order valence-electron chi connectivity index (χ2n) is 7.70. The molecule has 0 aliphatic rings. The van der Waals surface area contributed by atoms with Crippen molar-refractivity contribution < 1.29 is 0 Å². The lowest BCUT2D eigenvalue weighted by Gasteiger charge is -2.35. The molecule has 0 saturated heterocycles. The van der Waals surface area contributed by atoms with Gasteiger partial charge in [0.25, 0.3) is 0 Å². The molecule has 0 atom stereocenters. The summed E-state index contributed by atoms with van der Waals surface area (Å²) >= 11 is 0. The second-order valence-corrected chi connectivity index (χ2v) is 11.6. The largest absolute Gasteiger partial charge is 0.378 e. The van der Waals surface area contributed by atoms with Crippen molar-refractivity contribution in [3.8, 4) is 0 Å². The van der Waals surface area contributed by atoms with Gasteiger partial charge in [0.05, 0.1) is 0 Å². The van der Waals surface area contributed by atoms with Crippen LogP contribution < -0.4 is 14.7 Å². The number of anilines is 3. The summed E-state index contributed by atoms with van der Waals surface area (Å²) in [4.78, 5) is 9.73. The summed E-state index contributed by atoms with van der Waals surface area (Å²) in [6.45, 7) is 0. The SMILES string of the molecule is CN(C)c1ccc(S(Cl)(c2ccc(N(C)C)cc2)c2ccc(N(C)C)cc2)cc1. The van der Waals surface area contributed by atoms with Crippen LogP contribution >= 0.6 is 19.9 Å². The van der Waals surface area contributed by atoms with Crippen LogP contribution in [0.2, 0.25) is 0 Å². The Bertz CT molecular complexity index is 808. The van der Waals surface area contributed by atoms with Gasteiger partial charge >= 0.3 is 0 Å². The maximum atomic E-state index is 7.55. The molecule has 0 amide bonds. The van der Waals surface area contributed by atoms with Crippen molar-refractivity contribution >= 4 is 37.0 Å². The summed E-state index contributed by atoms with van der Waals surface area (Å²) in [5.41, 5.74) is 3.49. The third kappa shape index (κ3) is 4.34. The Hall–Kier alpha value is -2.30. The molecule has 0 N–H and O–H groups in total. The van der Waals surface area contributed by atoms with Crippen molar-refractivity contribution in [2.24, 2.45) is 0 Å².